The van der Waals surface area contributed by atoms with Crippen LogP contribution in [0.25, 0.3) is 0 Å². The van der Waals surface area contributed by atoms with Crippen molar-refractivity contribution in [1.29, 1.82) is 0 Å². The van der Waals surface area contributed by atoms with E-state index in [2.05, 4.69) is 30.8 Å². The van der Waals surface area contributed by atoms with E-state index in [4.69, 9.17) is 4.74 Å². The topological polar surface area (TPSA) is 86.1 Å². The molecule has 0 spiro atoms. The molecular weight excluding hydrogens is 452 g/mol. The van der Waals surface area contributed by atoms with Crippen LogP contribution in [0.3, 0.4) is 0 Å². The molecule has 0 amide bonds. The van der Waals surface area contributed by atoms with Gasteiger partial charge in [0.1, 0.15) is 12.1 Å². The van der Waals surface area contributed by atoms with E-state index in [1.807, 2.05) is 19.2 Å². The molecule has 1 heterocycles. The number of sulfonamides is 1. The van der Waals surface area contributed by atoms with Gasteiger partial charge in [-0.3, -0.25) is 4.72 Å². The number of hydrogen-bond donors (Lipinski definition) is 1. The van der Waals surface area contributed by atoms with Gasteiger partial charge in [0, 0.05) is 16.4 Å². The monoisotopic (exact) mass is 468 g/mol. The van der Waals surface area contributed by atoms with Gasteiger partial charge in [-0.25, -0.2) is 8.42 Å². The number of nitrogens with one attached hydrogen (secondary N) is 1. The number of rotatable bonds is 6. The maximum absolute atomic E-state index is 12.9. The first-order valence-electron chi connectivity index (χ1n) is 7.79. The Morgan fingerprint density at radius 2 is 2.00 bits per heavy atom. The van der Waals surface area contributed by atoms with Crippen LogP contribution in [0.15, 0.2) is 62.1 Å². The molecule has 27 heavy (non-hydrogen) atoms. The second kappa shape index (κ2) is 7.91. The first kappa shape index (κ1) is 19.7. The van der Waals surface area contributed by atoms with E-state index in [-0.39, 0.29) is 4.90 Å². The smallest absolute Gasteiger partial charge is 0.262 e. The number of hydrogen-bond acceptors (Lipinski definition) is 6. The molecule has 0 aliphatic heterocycles. The average Bonchev–Trinajstić information content (AvgIpc) is 3.01. The Balaban J connectivity index is 1.97. The highest BCUT2D eigenvalue weighted by Crippen LogP contribution is 2.35. The fraction of sp³-hybridized carbons (Fsp3) is 0.176. The number of aryl methyl sites for hydroxylation is 2. The first-order valence-corrected chi connectivity index (χ1v) is 10.9. The zero-order valence-electron chi connectivity index (χ0n) is 14.8. The van der Waals surface area contributed by atoms with Gasteiger partial charge in [0.2, 0.25) is 0 Å². The summed E-state index contributed by atoms with van der Waals surface area (Å²) in [5.41, 5.74) is 1.05. The highest BCUT2D eigenvalue weighted by molar-refractivity contribution is 9.10. The van der Waals surface area contributed by atoms with Gasteiger partial charge in [-0.1, -0.05) is 15.9 Å². The van der Waals surface area contributed by atoms with Gasteiger partial charge in [-0.05, 0) is 60.6 Å². The summed E-state index contributed by atoms with van der Waals surface area (Å²) in [6, 6.07) is 10.2. The number of methoxy groups -OCH3 is 1. The van der Waals surface area contributed by atoms with Gasteiger partial charge < -0.3 is 9.30 Å². The van der Waals surface area contributed by atoms with Crippen LogP contribution >= 0.6 is 27.7 Å². The number of ether oxygens (including phenoxy) is 1. The van der Waals surface area contributed by atoms with Gasteiger partial charge in [-0.15, -0.1) is 10.2 Å². The Bertz CT molecular complexity index is 1080. The quantitative estimate of drug-likeness (QED) is 0.591. The zero-order chi connectivity index (χ0) is 19.6. The summed E-state index contributed by atoms with van der Waals surface area (Å²) >= 11 is 4.72. The van der Waals surface area contributed by atoms with Crippen molar-refractivity contribution in [2.45, 2.75) is 21.9 Å². The van der Waals surface area contributed by atoms with Crippen LogP contribution in [-0.4, -0.2) is 30.3 Å². The van der Waals surface area contributed by atoms with Crippen LogP contribution in [0.5, 0.6) is 5.75 Å². The molecule has 10 heteroatoms. The molecule has 0 saturated carbocycles. The van der Waals surface area contributed by atoms with E-state index in [0.717, 1.165) is 4.47 Å². The van der Waals surface area contributed by atoms with Crippen LogP contribution in [-0.2, 0) is 17.1 Å². The van der Waals surface area contributed by atoms with Gasteiger partial charge in [0.25, 0.3) is 10.0 Å². The summed E-state index contributed by atoms with van der Waals surface area (Å²) < 4.78 is 36.2. The third kappa shape index (κ3) is 4.45. The van der Waals surface area contributed by atoms with Crippen molar-refractivity contribution in [3.05, 3.63) is 52.8 Å². The summed E-state index contributed by atoms with van der Waals surface area (Å²) in [4.78, 5) is 0.905. The first-order chi connectivity index (χ1) is 12.8. The minimum atomic E-state index is -3.78. The molecule has 3 aromatic rings. The fourth-order valence-corrected chi connectivity index (χ4v) is 4.94. The molecule has 0 saturated heterocycles. The summed E-state index contributed by atoms with van der Waals surface area (Å²) in [5, 5.41) is 8.53. The molecule has 1 N–H and O–H groups in total. The number of anilines is 1. The highest BCUT2D eigenvalue weighted by Gasteiger charge is 2.20. The van der Waals surface area contributed by atoms with Crippen LogP contribution in [0.1, 0.15) is 5.56 Å². The second-order valence-electron chi connectivity index (χ2n) is 5.70. The molecule has 1 aromatic heterocycles. The van der Waals surface area contributed by atoms with E-state index < -0.39 is 10.0 Å². The lowest BCUT2D eigenvalue weighted by molar-refractivity contribution is 0.414. The molecule has 0 unspecified atom stereocenters. The maximum atomic E-state index is 12.9. The lowest BCUT2D eigenvalue weighted by Gasteiger charge is -2.14. The van der Waals surface area contributed by atoms with Gasteiger partial charge in [0.15, 0.2) is 5.16 Å². The number of halogens is 1. The van der Waals surface area contributed by atoms with Crippen LogP contribution in [0, 0.1) is 6.92 Å². The second-order valence-corrected chi connectivity index (χ2v) is 9.28. The predicted octanol–water partition coefficient (Wildman–Crippen LogP) is 3.85. The van der Waals surface area contributed by atoms with Gasteiger partial charge in [0.05, 0.1) is 17.7 Å². The maximum Gasteiger partial charge on any atom is 0.262 e. The van der Waals surface area contributed by atoms with Crippen LogP contribution < -0.4 is 9.46 Å². The Morgan fingerprint density at radius 3 is 2.63 bits per heavy atom. The standard InChI is InChI=1S/C17H17BrN4O3S2/c1-11-8-13(25-3)5-7-16(11)27(23,24)21-14-9-12(18)4-6-15(14)26-17-20-19-10-22(17)2/h4-10,21H,1-3H3. The Morgan fingerprint density at radius 1 is 1.22 bits per heavy atom. The van der Waals surface area contributed by atoms with E-state index >= 15 is 0 Å². The van der Waals surface area contributed by atoms with Crippen molar-refractivity contribution in [2.24, 2.45) is 7.05 Å². The minimum absolute atomic E-state index is 0.192. The van der Waals surface area contributed by atoms with Crippen molar-refractivity contribution in [1.82, 2.24) is 14.8 Å². The van der Waals surface area contributed by atoms with Crippen molar-refractivity contribution in [3.63, 3.8) is 0 Å². The Labute approximate surface area is 170 Å². The molecule has 0 aliphatic carbocycles. The summed E-state index contributed by atoms with van der Waals surface area (Å²) in [6.45, 7) is 1.73. The Kier molecular flexibility index (Phi) is 5.78. The molecule has 0 radical (unpaired) electrons. The van der Waals surface area contributed by atoms with E-state index in [9.17, 15) is 8.42 Å². The van der Waals surface area contributed by atoms with Crippen LogP contribution in [0.2, 0.25) is 0 Å². The van der Waals surface area contributed by atoms with E-state index in [1.54, 1.807) is 43.1 Å². The molecule has 0 atom stereocenters. The molecule has 7 nitrogen and oxygen atoms in total. The average molecular weight is 469 g/mol. The number of benzene rings is 2. The number of aromatic nitrogens is 3. The predicted molar refractivity (Wildman–Crippen MR) is 108 cm³/mol. The van der Waals surface area contributed by atoms with Crippen molar-refractivity contribution < 1.29 is 13.2 Å². The SMILES string of the molecule is COc1ccc(S(=O)(=O)Nc2cc(Br)ccc2Sc2nncn2C)c(C)c1. The molecule has 2 aromatic carbocycles. The summed E-state index contributed by atoms with van der Waals surface area (Å²) in [6.07, 6.45) is 1.59. The fourth-order valence-electron chi connectivity index (χ4n) is 2.38. The normalized spacial score (nSPS) is 11.4. The molecular formula is C17H17BrN4O3S2. The minimum Gasteiger partial charge on any atom is -0.497 e. The largest absolute Gasteiger partial charge is 0.497 e. The van der Waals surface area contributed by atoms with Crippen molar-refractivity contribution in [2.75, 3.05) is 11.8 Å². The van der Waals surface area contributed by atoms with Crippen molar-refractivity contribution in [3.8, 4) is 5.75 Å². The molecule has 0 aliphatic rings. The van der Waals surface area contributed by atoms with Crippen LogP contribution in [0.4, 0.5) is 5.69 Å². The highest BCUT2D eigenvalue weighted by atomic mass is 79.9. The van der Waals surface area contributed by atoms with Gasteiger partial charge in [-0.2, -0.15) is 0 Å². The molecule has 0 fully saturated rings. The molecule has 0 bridgehead atoms. The molecule has 142 valence electrons. The van der Waals surface area contributed by atoms with Crippen molar-refractivity contribution >= 4 is 43.4 Å². The third-order valence-corrected chi connectivity index (χ3v) is 6.88. The summed E-state index contributed by atoms with van der Waals surface area (Å²) in [7, 11) is -0.414. The van der Waals surface area contributed by atoms with E-state index in [0.29, 0.717) is 27.1 Å². The zero-order valence-corrected chi connectivity index (χ0v) is 18.0. The number of nitrogens with zero attached hydrogens (tertiary/aromatic N) is 3. The molecule has 3 rings (SSSR count). The third-order valence-electron chi connectivity index (χ3n) is 3.73. The van der Waals surface area contributed by atoms with E-state index in [1.165, 1.54) is 17.8 Å². The Hall–Kier alpha value is -2.04. The summed E-state index contributed by atoms with van der Waals surface area (Å²) in [5.74, 6) is 0.604. The van der Waals surface area contributed by atoms with Gasteiger partial charge >= 0.3 is 0 Å². The lowest BCUT2D eigenvalue weighted by Crippen LogP contribution is -2.15. The lowest BCUT2D eigenvalue weighted by atomic mass is 10.2.